The van der Waals surface area contributed by atoms with Crippen LogP contribution in [0.15, 0.2) is 30.3 Å². The second-order valence-corrected chi connectivity index (χ2v) is 7.92. The van der Waals surface area contributed by atoms with Crippen molar-refractivity contribution in [2.75, 3.05) is 37.6 Å². The van der Waals surface area contributed by atoms with Crippen LogP contribution >= 0.6 is 11.6 Å². The monoisotopic (exact) mass is 442 g/mol. The summed E-state index contributed by atoms with van der Waals surface area (Å²) < 4.78 is 40.0. The van der Waals surface area contributed by atoms with E-state index in [0.29, 0.717) is 5.75 Å². The number of amides is 1. The van der Waals surface area contributed by atoms with Gasteiger partial charge < -0.3 is 19.5 Å². The van der Waals surface area contributed by atoms with Crippen molar-refractivity contribution in [1.29, 1.82) is 0 Å². The van der Waals surface area contributed by atoms with E-state index in [1.807, 2.05) is 0 Å². The van der Waals surface area contributed by atoms with Crippen LogP contribution in [0.4, 0.5) is 11.4 Å². The Bertz CT molecular complexity index is 1050. The van der Waals surface area contributed by atoms with Crippen LogP contribution in [0, 0.1) is 0 Å². The summed E-state index contributed by atoms with van der Waals surface area (Å²) in [7, 11) is 0.500. The molecule has 0 aliphatic rings. The zero-order chi connectivity index (χ0) is 21.8. The number of hydrogen-bond acceptors (Lipinski definition) is 7. The van der Waals surface area contributed by atoms with Crippen LogP contribution in [0.2, 0.25) is 5.02 Å². The molecule has 0 aromatic heterocycles. The number of esters is 1. The summed E-state index contributed by atoms with van der Waals surface area (Å²) in [6.45, 7) is 0. The quantitative estimate of drug-likeness (QED) is 0.632. The summed E-state index contributed by atoms with van der Waals surface area (Å²) in [6.07, 6.45) is 0.982. The molecule has 9 nitrogen and oxygen atoms in total. The molecule has 2 rings (SSSR count). The van der Waals surface area contributed by atoms with Crippen molar-refractivity contribution in [2.24, 2.45) is 0 Å². The summed E-state index contributed by atoms with van der Waals surface area (Å²) in [5.41, 5.74) is 0.459. The third-order valence-corrected chi connectivity index (χ3v) is 4.61. The van der Waals surface area contributed by atoms with E-state index in [0.717, 1.165) is 6.26 Å². The Kier molecular flexibility index (Phi) is 6.93. The van der Waals surface area contributed by atoms with Crippen molar-refractivity contribution >= 4 is 44.9 Å². The molecule has 0 fully saturated rings. The molecule has 156 valence electrons. The van der Waals surface area contributed by atoms with Crippen LogP contribution in [0.25, 0.3) is 0 Å². The third-order valence-electron chi connectivity index (χ3n) is 3.70. The molecule has 0 saturated heterocycles. The van der Waals surface area contributed by atoms with Crippen LogP contribution < -0.4 is 19.5 Å². The smallest absolute Gasteiger partial charge is 0.340 e. The van der Waals surface area contributed by atoms with Gasteiger partial charge in [-0.25, -0.2) is 13.2 Å². The molecule has 29 heavy (non-hydrogen) atoms. The molecule has 0 unspecified atom stereocenters. The minimum atomic E-state index is -3.53. The van der Waals surface area contributed by atoms with Gasteiger partial charge in [0.1, 0.15) is 0 Å². The maximum atomic E-state index is 12.6. The van der Waals surface area contributed by atoms with Crippen LogP contribution in [-0.4, -0.2) is 47.9 Å². The SMILES string of the molecule is COC(=O)c1cc(OC)c(OC)cc1NC(=O)c1ccc(NS(C)(=O)=O)c(Cl)c1. The first kappa shape index (κ1) is 22.3. The van der Waals surface area contributed by atoms with E-state index in [9.17, 15) is 18.0 Å². The number of nitrogens with one attached hydrogen (secondary N) is 2. The first-order valence-electron chi connectivity index (χ1n) is 8.02. The van der Waals surface area contributed by atoms with Crippen molar-refractivity contribution in [3.63, 3.8) is 0 Å². The van der Waals surface area contributed by atoms with Crippen LogP contribution in [0.1, 0.15) is 20.7 Å². The number of benzene rings is 2. The molecule has 0 spiro atoms. The summed E-state index contributed by atoms with van der Waals surface area (Å²) in [4.78, 5) is 24.7. The van der Waals surface area contributed by atoms with Gasteiger partial charge in [-0.15, -0.1) is 0 Å². The van der Waals surface area contributed by atoms with Gasteiger partial charge in [0.05, 0.1) is 49.5 Å². The molecule has 1 amide bonds. The van der Waals surface area contributed by atoms with E-state index in [2.05, 4.69) is 10.0 Å². The summed E-state index contributed by atoms with van der Waals surface area (Å²) in [5.74, 6) is -0.700. The molecule has 0 aliphatic carbocycles. The van der Waals surface area contributed by atoms with Gasteiger partial charge in [-0.1, -0.05) is 11.6 Å². The number of carbonyl (C=O) groups excluding carboxylic acids is 2. The number of methoxy groups -OCH3 is 3. The fraction of sp³-hybridized carbons (Fsp3) is 0.222. The number of carbonyl (C=O) groups is 2. The van der Waals surface area contributed by atoms with Crippen LogP contribution in [-0.2, 0) is 14.8 Å². The van der Waals surface area contributed by atoms with Crippen molar-refractivity contribution in [3.05, 3.63) is 46.5 Å². The molecule has 0 heterocycles. The second kappa shape index (κ2) is 9.01. The standard InChI is InChI=1S/C18H19ClN2O7S/c1-26-15-8-11(18(23)28-3)14(9-16(15)27-2)20-17(22)10-5-6-13(12(19)7-10)21-29(4,24)25/h5-9,21H,1-4H3,(H,20,22). The van der Waals surface area contributed by atoms with Gasteiger partial charge in [-0.05, 0) is 18.2 Å². The third kappa shape index (κ3) is 5.52. The Morgan fingerprint density at radius 3 is 2.10 bits per heavy atom. The maximum absolute atomic E-state index is 12.6. The lowest BCUT2D eigenvalue weighted by atomic mass is 10.1. The van der Waals surface area contributed by atoms with E-state index in [1.54, 1.807) is 0 Å². The van der Waals surface area contributed by atoms with Gasteiger partial charge in [-0.2, -0.15) is 0 Å². The second-order valence-electron chi connectivity index (χ2n) is 5.77. The predicted molar refractivity (Wildman–Crippen MR) is 109 cm³/mol. The Hall–Kier alpha value is -2.98. The topological polar surface area (TPSA) is 120 Å². The van der Waals surface area contributed by atoms with Crippen LogP contribution in [0.5, 0.6) is 11.5 Å². The normalized spacial score (nSPS) is 10.8. The molecule has 2 N–H and O–H groups in total. The number of halogens is 1. The first-order valence-corrected chi connectivity index (χ1v) is 10.3. The van der Waals surface area contributed by atoms with E-state index in [1.165, 1.54) is 51.7 Å². The minimum Gasteiger partial charge on any atom is -0.493 e. The zero-order valence-electron chi connectivity index (χ0n) is 16.0. The summed E-state index contributed by atoms with van der Waals surface area (Å²) >= 11 is 6.06. The van der Waals surface area contributed by atoms with E-state index >= 15 is 0 Å². The van der Waals surface area contributed by atoms with Crippen LogP contribution in [0.3, 0.4) is 0 Å². The van der Waals surface area contributed by atoms with Gasteiger partial charge in [0, 0.05) is 17.7 Å². The summed E-state index contributed by atoms with van der Waals surface area (Å²) in [5, 5.41) is 2.62. The molecule has 2 aromatic carbocycles. The number of sulfonamides is 1. The maximum Gasteiger partial charge on any atom is 0.340 e. The van der Waals surface area contributed by atoms with Gasteiger partial charge in [0.2, 0.25) is 10.0 Å². The van der Waals surface area contributed by atoms with Crippen molar-refractivity contribution < 1.29 is 32.2 Å². The molecular weight excluding hydrogens is 424 g/mol. The average molecular weight is 443 g/mol. The van der Waals surface area contributed by atoms with Gasteiger partial charge in [0.25, 0.3) is 5.91 Å². The molecular formula is C18H19ClN2O7S. The largest absolute Gasteiger partial charge is 0.493 e. The summed E-state index contributed by atoms with van der Waals surface area (Å²) in [6, 6.07) is 6.83. The minimum absolute atomic E-state index is 0.0311. The highest BCUT2D eigenvalue weighted by Crippen LogP contribution is 2.34. The molecule has 0 bridgehead atoms. The Morgan fingerprint density at radius 2 is 1.59 bits per heavy atom. The fourth-order valence-electron chi connectivity index (χ4n) is 2.39. The lowest BCUT2D eigenvalue weighted by Gasteiger charge is -2.15. The Morgan fingerprint density at radius 1 is 0.966 bits per heavy atom. The highest BCUT2D eigenvalue weighted by atomic mass is 35.5. The van der Waals surface area contributed by atoms with Crippen molar-refractivity contribution in [3.8, 4) is 11.5 Å². The van der Waals surface area contributed by atoms with Crippen molar-refractivity contribution in [1.82, 2.24) is 0 Å². The van der Waals surface area contributed by atoms with E-state index < -0.39 is 21.9 Å². The van der Waals surface area contributed by atoms with Crippen molar-refractivity contribution in [2.45, 2.75) is 0 Å². The zero-order valence-corrected chi connectivity index (χ0v) is 17.6. The molecule has 0 saturated carbocycles. The lowest BCUT2D eigenvalue weighted by Crippen LogP contribution is -2.16. The lowest BCUT2D eigenvalue weighted by molar-refractivity contribution is 0.0601. The molecule has 0 radical (unpaired) electrons. The van der Waals surface area contributed by atoms with Gasteiger partial charge in [-0.3, -0.25) is 9.52 Å². The first-order chi connectivity index (χ1) is 13.6. The molecule has 0 atom stereocenters. The number of hydrogen-bond donors (Lipinski definition) is 2. The number of rotatable bonds is 7. The molecule has 0 aliphatic heterocycles. The molecule has 2 aromatic rings. The fourth-order valence-corrected chi connectivity index (χ4v) is 3.26. The Labute approximate surface area is 173 Å². The van der Waals surface area contributed by atoms with E-state index in [4.69, 9.17) is 25.8 Å². The predicted octanol–water partition coefficient (Wildman–Crippen LogP) is 2.77. The van der Waals surface area contributed by atoms with E-state index in [-0.39, 0.29) is 33.3 Å². The average Bonchev–Trinajstić information content (AvgIpc) is 2.67. The number of ether oxygens (including phenoxy) is 3. The van der Waals surface area contributed by atoms with Gasteiger partial charge >= 0.3 is 5.97 Å². The Balaban J connectivity index is 2.39. The molecule has 11 heteroatoms. The number of anilines is 2. The highest BCUT2D eigenvalue weighted by Gasteiger charge is 2.20. The van der Waals surface area contributed by atoms with Gasteiger partial charge in [0.15, 0.2) is 11.5 Å². The highest BCUT2D eigenvalue weighted by molar-refractivity contribution is 7.92.